The highest BCUT2D eigenvalue weighted by molar-refractivity contribution is 7.99. The highest BCUT2D eigenvalue weighted by Gasteiger charge is 2.03. The Hall–Kier alpha value is -0.830. The van der Waals surface area contributed by atoms with Crippen LogP contribution in [-0.4, -0.2) is 15.5 Å². The standard InChI is InChI=1S/C10H14O2S/c1-7(2)13-6-8-3-4-9(11)5-10(8)12/h3-5,7,11-12H,6H2,1-2H3. The molecule has 0 saturated carbocycles. The summed E-state index contributed by atoms with van der Waals surface area (Å²) in [6.07, 6.45) is 0. The summed E-state index contributed by atoms with van der Waals surface area (Å²) in [5.41, 5.74) is 0.872. The molecule has 0 atom stereocenters. The first kappa shape index (κ1) is 10.3. The Morgan fingerprint density at radius 3 is 2.54 bits per heavy atom. The quantitative estimate of drug-likeness (QED) is 0.784. The number of rotatable bonds is 3. The fourth-order valence-corrected chi connectivity index (χ4v) is 1.69. The van der Waals surface area contributed by atoms with Gasteiger partial charge in [-0.25, -0.2) is 0 Å². The number of hydrogen-bond donors (Lipinski definition) is 2. The van der Waals surface area contributed by atoms with Crippen molar-refractivity contribution in [2.75, 3.05) is 0 Å². The molecule has 0 radical (unpaired) electrons. The van der Waals surface area contributed by atoms with Crippen molar-refractivity contribution in [3.63, 3.8) is 0 Å². The molecular formula is C10H14O2S. The van der Waals surface area contributed by atoms with Gasteiger partial charge in [-0.2, -0.15) is 11.8 Å². The van der Waals surface area contributed by atoms with Gasteiger partial charge in [0.1, 0.15) is 11.5 Å². The Balaban J connectivity index is 2.67. The predicted octanol–water partition coefficient (Wildman–Crippen LogP) is 2.74. The predicted molar refractivity (Wildman–Crippen MR) is 56.2 cm³/mol. The summed E-state index contributed by atoms with van der Waals surface area (Å²) < 4.78 is 0. The first-order valence-corrected chi connectivity index (χ1v) is 5.27. The molecule has 0 bridgehead atoms. The van der Waals surface area contributed by atoms with Gasteiger partial charge in [0, 0.05) is 17.4 Å². The van der Waals surface area contributed by atoms with Crippen LogP contribution in [0.2, 0.25) is 0 Å². The molecule has 0 spiro atoms. The third kappa shape index (κ3) is 3.19. The van der Waals surface area contributed by atoms with Crippen molar-refractivity contribution in [3.05, 3.63) is 23.8 Å². The van der Waals surface area contributed by atoms with Crippen LogP contribution in [0.1, 0.15) is 19.4 Å². The van der Waals surface area contributed by atoms with E-state index in [0.717, 1.165) is 11.3 Å². The Bertz CT molecular complexity index is 284. The second-order valence-electron chi connectivity index (χ2n) is 3.17. The van der Waals surface area contributed by atoms with Crippen molar-refractivity contribution >= 4 is 11.8 Å². The summed E-state index contributed by atoms with van der Waals surface area (Å²) in [7, 11) is 0. The fourth-order valence-electron chi connectivity index (χ4n) is 0.931. The van der Waals surface area contributed by atoms with Crippen LogP contribution in [0.15, 0.2) is 18.2 Å². The molecular weight excluding hydrogens is 184 g/mol. The highest BCUT2D eigenvalue weighted by atomic mass is 32.2. The zero-order valence-electron chi connectivity index (χ0n) is 7.82. The SMILES string of the molecule is CC(C)SCc1ccc(O)cc1O. The van der Waals surface area contributed by atoms with E-state index in [4.69, 9.17) is 5.11 Å². The number of phenolic OH excluding ortho intramolecular Hbond substituents is 2. The minimum atomic E-state index is 0.107. The Labute approximate surface area is 82.6 Å². The number of benzene rings is 1. The molecule has 2 N–H and O–H groups in total. The average molecular weight is 198 g/mol. The summed E-state index contributed by atoms with van der Waals surface area (Å²) >= 11 is 1.76. The smallest absolute Gasteiger partial charge is 0.123 e. The summed E-state index contributed by atoms with van der Waals surface area (Å²) in [6, 6.07) is 4.71. The van der Waals surface area contributed by atoms with Crippen LogP contribution in [0.3, 0.4) is 0 Å². The van der Waals surface area contributed by atoms with Gasteiger partial charge in [-0.05, 0) is 11.3 Å². The van der Waals surface area contributed by atoms with E-state index in [9.17, 15) is 5.11 Å². The van der Waals surface area contributed by atoms with E-state index in [-0.39, 0.29) is 11.5 Å². The molecule has 72 valence electrons. The largest absolute Gasteiger partial charge is 0.508 e. The molecule has 1 rings (SSSR count). The molecule has 0 amide bonds. The average Bonchev–Trinajstić information content (AvgIpc) is 2.02. The van der Waals surface area contributed by atoms with Gasteiger partial charge in [0.15, 0.2) is 0 Å². The molecule has 0 unspecified atom stereocenters. The minimum Gasteiger partial charge on any atom is -0.508 e. The third-order valence-electron chi connectivity index (χ3n) is 1.64. The van der Waals surface area contributed by atoms with Crippen molar-refractivity contribution in [3.8, 4) is 11.5 Å². The Morgan fingerprint density at radius 2 is 2.00 bits per heavy atom. The molecule has 13 heavy (non-hydrogen) atoms. The van der Waals surface area contributed by atoms with Gasteiger partial charge >= 0.3 is 0 Å². The van der Waals surface area contributed by atoms with E-state index in [0.29, 0.717) is 5.25 Å². The maximum absolute atomic E-state index is 9.43. The topological polar surface area (TPSA) is 40.5 Å². The molecule has 3 heteroatoms. The molecule has 0 heterocycles. The lowest BCUT2D eigenvalue weighted by Gasteiger charge is -2.06. The van der Waals surface area contributed by atoms with Gasteiger partial charge in [0.2, 0.25) is 0 Å². The minimum absolute atomic E-state index is 0.107. The van der Waals surface area contributed by atoms with Gasteiger partial charge in [-0.3, -0.25) is 0 Å². The van der Waals surface area contributed by atoms with E-state index in [1.54, 1.807) is 23.9 Å². The summed E-state index contributed by atoms with van der Waals surface area (Å²) in [6.45, 7) is 4.23. The van der Waals surface area contributed by atoms with Crippen LogP contribution in [0, 0.1) is 0 Å². The van der Waals surface area contributed by atoms with E-state index >= 15 is 0 Å². The third-order valence-corrected chi connectivity index (χ3v) is 2.79. The molecule has 0 fully saturated rings. The number of hydrogen-bond acceptors (Lipinski definition) is 3. The van der Waals surface area contributed by atoms with Gasteiger partial charge in [0.05, 0.1) is 0 Å². The summed E-state index contributed by atoms with van der Waals surface area (Å²) in [4.78, 5) is 0. The van der Waals surface area contributed by atoms with E-state index < -0.39 is 0 Å². The second kappa shape index (κ2) is 4.42. The molecule has 0 aliphatic heterocycles. The normalized spacial score (nSPS) is 10.7. The van der Waals surface area contributed by atoms with Crippen molar-refractivity contribution in [2.45, 2.75) is 24.9 Å². The molecule has 0 aliphatic rings. The van der Waals surface area contributed by atoms with Gasteiger partial charge in [-0.15, -0.1) is 0 Å². The van der Waals surface area contributed by atoms with Crippen LogP contribution in [0.25, 0.3) is 0 Å². The molecule has 1 aromatic carbocycles. The zero-order valence-corrected chi connectivity index (χ0v) is 8.64. The first-order valence-electron chi connectivity index (χ1n) is 4.22. The number of thioether (sulfide) groups is 1. The second-order valence-corrected chi connectivity index (χ2v) is 4.74. The lowest BCUT2D eigenvalue weighted by Crippen LogP contribution is -1.89. The van der Waals surface area contributed by atoms with Crippen molar-refractivity contribution < 1.29 is 10.2 Å². The number of aromatic hydroxyl groups is 2. The Morgan fingerprint density at radius 1 is 1.31 bits per heavy atom. The molecule has 1 aromatic rings. The lowest BCUT2D eigenvalue weighted by atomic mass is 10.2. The van der Waals surface area contributed by atoms with Crippen LogP contribution in [0.4, 0.5) is 0 Å². The lowest BCUT2D eigenvalue weighted by molar-refractivity contribution is 0.447. The summed E-state index contributed by atoms with van der Waals surface area (Å²) in [5.74, 6) is 1.06. The van der Waals surface area contributed by atoms with Crippen molar-refractivity contribution in [2.24, 2.45) is 0 Å². The maximum atomic E-state index is 9.43. The first-order chi connectivity index (χ1) is 6.09. The fraction of sp³-hybridized carbons (Fsp3) is 0.400. The van der Waals surface area contributed by atoms with E-state index in [1.807, 2.05) is 0 Å². The van der Waals surface area contributed by atoms with Crippen LogP contribution >= 0.6 is 11.8 Å². The molecule has 0 aromatic heterocycles. The highest BCUT2D eigenvalue weighted by Crippen LogP contribution is 2.27. The number of phenols is 2. The summed E-state index contributed by atoms with van der Waals surface area (Å²) in [5, 5.41) is 19.0. The van der Waals surface area contributed by atoms with E-state index in [2.05, 4.69) is 13.8 Å². The van der Waals surface area contributed by atoms with Crippen LogP contribution in [0.5, 0.6) is 11.5 Å². The van der Waals surface area contributed by atoms with Gasteiger partial charge < -0.3 is 10.2 Å². The van der Waals surface area contributed by atoms with Crippen molar-refractivity contribution in [1.82, 2.24) is 0 Å². The van der Waals surface area contributed by atoms with Crippen molar-refractivity contribution in [1.29, 1.82) is 0 Å². The van der Waals surface area contributed by atoms with Gasteiger partial charge in [0.25, 0.3) is 0 Å². The van der Waals surface area contributed by atoms with Crippen LogP contribution < -0.4 is 0 Å². The van der Waals surface area contributed by atoms with E-state index in [1.165, 1.54) is 6.07 Å². The molecule has 2 nitrogen and oxygen atoms in total. The monoisotopic (exact) mass is 198 g/mol. The maximum Gasteiger partial charge on any atom is 0.123 e. The van der Waals surface area contributed by atoms with Crippen LogP contribution in [-0.2, 0) is 5.75 Å². The Kier molecular flexibility index (Phi) is 3.48. The molecule has 0 saturated heterocycles. The zero-order chi connectivity index (χ0) is 9.84. The molecule has 0 aliphatic carbocycles. The van der Waals surface area contributed by atoms with Gasteiger partial charge in [-0.1, -0.05) is 19.9 Å².